The van der Waals surface area contributed by atoms with Crippen LogP contribution in [0.15, 0.2) is 60.0 Å². The number of ketones is 1. The summed E-state index contributed by atoms with van der Waals surface area (Å²) in [6, 6.07) is 16.4. The number of carbonyl (C=O) groups excluding carboxylic acids is 2. The van der Waals surface area contributed by atoms with Crippen molar-refractivity contribution in [3.8, 4) is 17.2 Å². The first kappa shape index (κ1) is 18.6. The van der Waals surface area contributed by atoms with E-state index >= 15 is 0 Å². The topological polar surface area (TPSA) is 74.7 Å². The Balaban J connectivity index is 1.61. The van der Waals surface area contributed by atoms with Gasteiger partial charge in [-0.1, -0.05) is 18.2 Å². The van der Waals surface area contributed by atoms with Crippen molar-refractivity contribution < 1.29 is 23.8 Å². The van der Waals surface area contributed by atoms with Gasteiger partial charge in [-0.2, -0.15) is 0 Å². The van der Waals surface area contributed by atoms with E-state index in [0.717, 1.165) is 17.1 Å². The fourth-order valence-corrected chi connectivity index (χ4v) is 3.03. The van der Waals surface area contributed by atoms with Gasteiger partial charge >= 0.3 is 5.97 Å². The molecule has 1 heterocycles. The molecule has 138 valence electrons. The number of para-hydroxylation sites is 1. The molecule has 0 N–H and O–H groups in total. The molecule has 27 heavy (non-hydrogen) atoms. The molecule has 1 unspecified atom stereocenters. The molecule has 0 saturated heterocycles. The molecule has 7 heteroatoms. The molecule has 0 aliphatic heterocycles. The molecule has 1 atom stereocenters. The lowest BCUT2D eigenvalue weighted by molar-refractivity contribution is 0.0594. The lowest BCUT2D eigenvalue weighted by Crippen LogP contribution is -2.24. The van der Waals surface area contributed by atoms with Crippen molar-refractivity contribution in [3.63, 3.8) is 0 Å². The van der Waals surface area contributed by atoms with Crippen LogP contribution in [0, 0.1) is 0 Å². The van der Waals surface area contributed by atoms with E-state index < -0.39 is 12.1 Å². The summed E-state index contributed by atoms with van der Waals surface area (Å²) < 4.78 is 16.0. The molecule has 0 fully saturated rings. The third-order valence-corrected chi connectivity index (χ3v) is 4.45. The smallest absolute Gasteiger partial charge is 0.357 e. The van der Waals surface area contributed by atoms with Gasteiger partial charge in [0, 0.05) is 5.38 Å². The van der Waals surface area contributed by atoms with Crippen LogP contribution >= 0.6 is 11.3 Å². The van der Waals surface area contributed by atoms with Gasteiger partial charge < -0.3 is 14.2 Å². The van der Waals surface area contributed by atoms with E-state index in [9.17, 15) is 9.59 Å². The molecule has 3 rings (SSSR count). The Morgan fingerprint density at radius 3 is 2.26 bits per heavy atom. The molecule has 0 aliphatic carbocycles. The van der Waals surface area contributed by atoms with Gasteiger partial charge in [0.2, 0.25) is 5.78 Å². The van der Waals surface area contributed by atoms with Crippen molar-refractivity contribution in [2.45, 2.75) is 13.0 Å². The van der Waals surface area contributed by atoms with Gasteiger partial charge in [0.25, 0.3) is 0 Å². The summed E-state index contributed by atoms with van der Waals surface area (Å²) in [7, 11) is 1.26. The number of aromatic nitrogens is 1. The van der Waals surface area contributed by atoms with E-state index in [2.05, 4.69) is 9.72 Å². The van der Waals surface area contributed by atoms with E-state index in [1.807, 2.05) is 30.3 Å². The van der Waals surface area contributed by atoms with Crippen LogP contribution < -0.4 is 9.47 Å². The maximum absolute atomic E-state index is 12.4. The molecule has 2 aromatic carbocycles. The molecule has 0 spiro atoms. The first-order chi connectivity index (χ1) is 13.1. The third-order valence-electron chi connectivity index (χ3n) is 3.59. The Bertz CT molecular complexity index is 921. The highest BCUT2D eigenvalue weighted by Gasteiger charge is 2.22. The molecule has 0 saturated carbocycles. The summed E-state index contributed by atoms with van der Waals surface area (Å²) in [5.41, 5.74) is 0.112. The number of methoxy groups -OCH3 is 1. The van der Waals surface area contributed by atoms with Gasteiger partial charge in [-0.3, -0.25) is 4.79 Å². The first-order valence-corrected chi connectivity index (χ1v) is 9.02. The molecule has 3 aromatic rings. The average Bonchev–Trinajstić information content (AvgIpc) is 3.19. The first-order valence-electron chi connectivity index (χ1n) is 8.14. The van der Waals surface area contributed by atoms with Crippen molar-refractivity contribution in [2.75, 3.05) is 7.11 Å². The highest BCUT2D eigenvalue weighted by atomic mass is 32.1. The van der Waals surface area contributed by atoms with Crippen molar-refractivity contribution in [3.05, 3.63) is 70.7 Å². The maximum Gasteiger partial charge on any atom is 0.357 e. The van der Waals surface area contributed by atoms with Crippen LogP contribution in [0.2, 0.25) is 0 Å². The summed E-state index contributed by atoms with van der Waals surface area (Å²) in [6.07, 6.45) is -0.748. The predicted molar refractivity (Wildman–Crippen MR) is 101 cm³/mol. The standard InChI is InChI=1S/C20H17NO5S/c1-13(18(22)19-21-17(12-27-19)20(23)24-2)25-15-8-10-16(11-9-15)26-14-6-4-3-5-7-14/h3-13H,1-2H3. The summed E-state index contributed by atoms with van der Waals surface area (Å²) in [5, 5.41) is 1.69. The quantitative estimate of drug-likeness (QED) is 0.445. The van der Waals surface area contributed by atoms with E-state index in [-0.39, 0.29) is 16.5 Å². The van der Waals surface area contributed by atoms with Crippen molar-refractivity contribution in [1.29, 1.82) is 0 Å². The van der Waals surface area contributed by atoms with Crippen LogP contribution in [-0.4, -0.2) is 30.0 Å². The van der Waals surface area contributed by atoms with E-state index in [1.165, 1.54) is 12.5 Å². The molecule has 0 amide bonds. The van der Waals surface area contributed by atoms with Crippen LogP contribution in [0.25, 0.3) is 0 Å². The summed E-state index contributed by atoms with van der Waals surface area (Å²) in [4.78, 5) is 27.9. The second kappa shape index (κ2) is 8.46. The van der Waals surface area contributed by atoms with Crippen LogP contribution in [0.1, 0.15) is 27.2 Å². The maximum atomic E-state index is 12.4. The number of ether oxygens (including phenoxy) is 3. The zero-order valence-electron chi connectivity index (χ0n) is 14.7. The van der Waals surface area contributed by atoms with Gasteiger partial charge in [-0.05, 0) is 43.3 Å². The van der Waals surface area contributed by atoms with Crippen molar-refractivity contribution >= 4 is 23.1 Å². The molecule has 0 radical (unpaired) electrons. The van der Waals surface area contributed by atoms with Crippen molar-refractivity contribution in [2.24, 2.45) is 0 Å². The molecule has 6 nitrogen and oxygen atoms in total. The second-order valence-electron chi connectivity index (χ2n) is 5.54. The van der Waals surface area contributed by atoms with Gasteiger partial charge in [0.1, 0.15) is 17.2 Å². The Morgan fingerprint density at radius 1 is 0.963 bits per heavy atom. The zero-order chi connectivity index (χ0) is 19.2. The minimum absolute atomic E-state index is 0.112. The predicted octanol–water partition coefficient (Wildman–Crippen LogP) is 4.37. The molecule has 0 aliphatic rings. The molecule has 0 bridgehead atoms. The highest BCUT2D eigenvalue weighted by Crippen LogP contribution is 2.24. The Labute approximate surface area is 160 Å². The van der Waals surface area contributed by atoms with Crippen LogP contribution in [-0.2, 0) is 4.74 Å². The fraction of sp³-hybridized carbons (Fsp3) is 0.150. The number of esters is 1. The number of carbonyl (C=O) groups is 2. The lowest BCUT2D eigenvalue weighted by atomic mass is 10.2. The largest absolute Gasteiger partial charge is 0.482 e. The number of hydrogen-bond donors (Lipinski definition) is 0. The van der Waals surface area contributed by atoms with Crippen LogP contribution in [0.4, 0.5) is 0 Å². The van der Waals surface area contributed by atoms with Crippen molar-refractivity contribution in [1.82, 2.24) is 4.98 Å². The Kier molecular flexibility index (Phi) is 5.83. The van der Waals surface area contributed by atoms with Gasteiger partial charge in [0.15, 0.2) is 16.8 Å². The molecular formula is C20H17NO5S. The monoisotopic (exact) mass is 383 g/mol. The number of Topliss-reactive ketones (excluding diaryl/α,β-unsaturated/α-hetero) is 1. The van der Waals surface area contributed by atoms with Crippen LogP contribution in [0.3, 0.4) is 0 Å². The van der Waals surface area contributed by atoms with Crippen LogP contribution in [0.5, 0.6) is 17.2 Å². The number of hydrogen-bond acceptors (Lipinski definition) is 7. The van der Waals surface area contributed by atoms with Gasteiger partial charge in [-0.15, -0.1) is 11.3 Å². The van der Waals surface area contributed by atoms with Gasteiger partial charge in [0.05, 0.1) is 7.11 Å². The normalized spacial score (nSPS) is 11.5. The Morgan fingerprint density at radius 2 is 1.59 bits per heavy atom. The van der Waals surface area contributed by atoms with Gasteiger partial charge in [-0.25, -0.2) is 9.78 Å². The Hall–Kier alpha value is -3.19. The number of rotatable bonds is 7. The molecule has 1 aromatic heterocycles. The number of nitrogens with zero attached hydrogens (tertiary/aromatic N) is 1. The van der Waals surface area contributed by atoms with E-state index in [1.54, 1.807) is 31.2 Å². The highest BCUT2D eigenvalue weighted by molar-refractivity contribution is 7.12. The second-order valence-corrected chi connectivity index (χ2v) is 6.40. The van der Waals surface area contributed by atoms with E-state index in [4.69, 9.17) is 9.47 Å². The summed E-state index contributed by atoms with van der Waals surface area (Å²) in [5.74, 6) is 1.05. The minimum Gasteiger partial charge on any atom is -0.482 e. The third kappa shape index (κ3) is 4.71. The summed E-state index contributed by atoms with van der Waals surface area (Å²) in [6.45, 7) is 1.63. The lowest BCUT2D eigenvalue weighted by Gasteiger charge is -2.13. The SMILES string of the molecule is COC(=O)c1csc(C(=O)C(C)Oc2ccc(Oc3ccccc3)cc2)n1. The molecular weight excluding hydrogens is 366 g/mol. The minimum atomic E-state index is -0.748. The summed E-state index contributed by atoms with van der Waals surface area (Å²) >= 11 is 1.08. The number of benzene rings is 2. The van der Waals surface area contributed by atoms with E-state index in [0.29, 0.717) is 11.5 Å². The fourth-order valence-electron chi connectivity index (χ4n) is 2.23. The number of thiazole rings is 1. The zero-order valence-corrected chi connectivity index (χ0v) is 15.6. The average molecular weight is 383 g/mol.